The average Bonchev–Trinajstić information content (AvgIpc) is 3.26. The van der Waals surface area contributed by atoms with Crippen LogP contribution in [0.5, 0.6) is 0 Å². The number of anilines is 1. The summed E-state index contributed by atoms with van der Waals surface area (Å²) in [5.41, 5.74) is 12.3. The normalized spacial score (nSPS) is 11.1. The molecule has 2 heterocycles. The van der Waals surface area contributed by atoms with Crippen molar-refractivity contribution in [2.45, 2.75) is 27.3 Å². The topological polar surface area (TPSA) is 82.8 Å². The predicted octanol–water partition coefficient (Wildman–Crippen LogP) is 4.81. The first-order valence-corrected chi connectivity index (χ1v) is 9.30. The van der Waals surface area contributed by atoms with Crippen LogP contribution in [0.3, 0.4) is 0 Å². The van der Waals surface area contributed by atoms with Gasteiger partial charge in [-0.1, -0.05) is 41.0 Å². The van der Waals surface area contributed by atoms with E-state index in [4.69, 9.17) is 21.9 Å². The van der Waals surface area contributed by atoms with Crippen molar-refractivity contribution >= 4 is 17.3 Å². The molecule has 28 heavy (non-hydrogen) atoms. The molecule has 0 bridgehead atoms. The molecule has 0 aliphatic rings. The number of halogens is 1. The van der Waals surface area contributed by atoms with Crippen LogP contribution in [-0.4, -0.2) is 19.9 Å². The van der Waals surface area contributed by atoms with Gasteiger partial charge in [0, 0.05) is 16.8 Å². The van der Waals surface area contributed by atoms with Gasteiger partial charge >= 0.3 is 0 Å². The van der Waals surface area contributed by atoms with Crippen LogP contribution in [0.15, 0.2) is 47.0 Å². The summed E-state index contributed by atoms with van der Waals surface area (Å²) in [5.74, 6) is 0.999. The summed E-state index contributed by atoms with van der Waals surface area (Å²) >= 11 is 6.22. The fourth-order valence-electron chi connectivity index (χ4n) is 3.10. The van der Waals surface area contributed by atoms with Crippen LogP contribution >= 0.6 is 11.6 Å². The van der Waals surface area contributed by atoms with E-state index in [1.54, 1.807) is 0 Å². The molecule has 2 N–H and O–H groups in total. The molecule has 7 heteroatoms. The van der Waals surface area contributed by atoms with Crippen LogP contribution in [0, 0.1) is 20.8 Å². The third kappa shape index (κ3) is 3.27. The minimum Gasteiger partial charge on any atom is -0.398 e. The number of nitrogen functional groups attached to an aromatic ring is 1. The van der Waals surface area contributed by atoms with Gasteiger partial charge in [0.1, 0.15) is 0 Å². The summed E-state index contributed by atoms with van der Waals surface area (Å²) in [6, 6.07) is 13.6. The van der Waals surface area contributed by atoms with Gasteiger partial charge < -0.3 is 10.3 Å². The molecule has 142 valence electrons. The zero-order valence-electron chi connectivity index (χ0n) is 15.9. The number of nitrogens with two attached hydrogens (primary N) is 1. The Morgan fingerprint density at radius 3 is 2.50 bits per heavy atom. The minimum atomic E-state index is 0.470. The molecule has 0 radical (unpaired) electrons. The smallest absolute Gasteiger partial charge is 0.258 e. The van der Waals surface area contributed by atoms with Crippen molar-refractivity contribution in [2.24, 2.45) is 0 Å². The number of nitrogens with zero attached hydrogens (tertiary/aromatic N) is 4. The van der Waals surface area contributed by atoms with Gasteiger partial charge in [0.2, 0.25) is 5.82 Å². The van der Waals surface area contributed by atoms with Gasteiger partial charge in [-0.15, -0.1) is 0 Å². The molecule has 6 nitrogen and oxygen atoms in total. The molecule has 0 aliphatic heterocycles. The third-order valence-corrected chi connectivity index (χ3v) is 5.42. The molecule has 0 unspecified atom stereocenters. The molecule has 0 aliphatic carbocycles. The van der Waals surface area contributed by atoms with Gasteiger partial charge in [-0.05, 0) is 50.1 Å². The Kier molecular flexibility index (Phi) is 4.65. The van der Waals surface area contributed by atoms with Crippen molar-refractivity contribution in [3.8, 4) is 22.8 Å². The van der Waals surface area contributed by atoms with E-state index in [1.807, 2.05) is 67.9 Å². The van der Waals surface area contributed by atoms with Crippen molar-refractivity contribution in [2.75, 3.05) is 5.73 Å². The first-order chi connectivity index (χ1) is 13.4. The van der Waals surface area contributed by atoms with Gasteiger partial charge in [0.15, 0.2) is 0 Å². The molecule has 0 saturated carbocycles. The number of aryl methyl sites for hydroxylation is 1. The van der Waals surface area contributed by atoms with E-state index < -0.39 is 0 Å². The highest BCUT2D eigenvalue weighted by molar-refractivity contribution is 6.31. The van der Waals surface area contributed by atoms with Gasteiger partial charge in [0.25, 0.3) is 5.89 Å². The van der Waals surface area contributed by atoms with E-state index in [0.717, 1.165) is 33.6 Å². The average molecular weight is 394 g/mol. The van der Waals surface area contributed by atoms with Crippen LogP contribution in [0.25, 0.3) is 22.8 Å². The first kappa shape index (κ1) is 18.3. The highest BCUT2D eigenvalue weighted by Gasteiger charge is 2.14. The summed E-state index contributed by atoms with van der Waals surface area (Å²) in [7, 11) is 0. The van der Waals surface area contributed by atoms with Crippen LogP contribution in [-0.2, 0) is 6.54 Å². The van der Waals surface area contributed by atoms with Crippen LogP contribution < -0.4 is 5.73 Å². The Morgan fingerprint density at radius 2 is 1.82 bits per heavy atom. The maximum atomic E-state index is 6.22. The van der Waals surface area contributed by atoms with Crippen molar-refractivity contribution in [1.82, 2.24) is 19.9 Å². The van der Waals surface area contributed by atoms with Crippen LogP contribution in [0.2, 0.25) is 5.02 Å². The number of benzene rings is 2. The molecule has 0 amide bonds. The van der Waals surface area contributed by atoms with Gasteiger partial charge in [-0.3, -0.25) is 4.68 Å². The van der Waals surface area contributed by atoms with Crippen molar-refractivity contribution in [1.29, 1.82) is 0 Å². The first-order valence-electron chi connectivity index (χ1n) is 8.92. The van der Waals surface area contributed by atoms with Crippen molar-refractivity contribution in [3.63, 3.8) is 0 Å². The molecule has 4 rings (SSSR count). The molecule has 0 spiro atoms. The summed E-state index contributed by atoms with van der Waals surface area (Å²) in [4.78, 5) is 4.53. The number of aromatic nitrogens is 4. The number of rotatable bonds is 4. The van der Waals surface area contributed by atoms with E-state index in [-0.39, 0.29) is 0 Å². The van der Waals surface area contributed by atoms with Crippen LogP contribution in [0.4, 0.5) is 5.69 Å². The van der Waals surface area contributed by atoms with E-state index in [9.17, 15) is 0 Å². The monoisotopic (exact) mass is 393 g/mol. The second-order valence-electron chi connectivity index (χ2n) is 6.78. The van der Waals surface area contributed by atoms with Gasteiger partial charge in [-0.25, -0.2) is 0 Å². The Morgan fingerprint density at radius 1 is 1.07 bits per heavy atom. The lowest BCUT2D eigenvalue weighted by atomic mass is 10.1. The molecule has 0 atom stereocenters. The van der Waals surface area contributed by atoms with Crippen LogP contribution in [0.1, 0.15) is 22.5 Å². The number of hydrogen-bond acceptors (Lipinski definition) is 5. The fourth-order valence-corrected chi connectivity index (χ4v) is 3.24. The maximum absolute atomic E-state index is 6.22. The van der Waals surface area contributed by atoms with E-state index in [1.165, 1.54) is 0 Å². The zero-order valence-corrected chi connectivity index (χ0v) is 16.7. The standard InChI is InChI=1S/C21H20ClN5O/c1-12-17(5-4-6-18(12)23)20-24-21(28-26-20)16-9-7-15(8-10-16)11-27-14(3)19(22)13(2)25-27/h4-10H,11,23H2,1-3H3. The van der Waals surface area contributed by atoms with Crippen molar-refractivity contribution in [3.05, 3.63) is 70.0 Å². The summed E-state index contributed by atoms with van der Waals surface area (Å²) in [5, 5.41) is 9.29. The molecule has 0 fully saturated rings. The molecule has 2 aromatic heterocycles. The highest BCUT2D eigenvalue weighted by atomic mass is 35.5. The Bertz CT molecular complexity index is 1140. The Labute approximate surface area is 167 Å². The quantitative estimate of drug-likeness (QED) is 0.503. The largest absolute Gasteiger partial charge is 0.398 e. The Balaban J connectivity index is 1.57. The number of hydrogen-bond donors (Lipinski definition) is 1. The van der Waals surface area contributed by atoms with E-state index in [2.05, 4.69) is 15.2 Å². The van der Waals surface area contributed by atoms with E-state index in [0.29, 0.717) is 29.0 Å². The van der Waals surface area contributed by atoms with Gasteiger partial charge in [0.05, 0.1) is 23.0 Å². The second kappa shape index (κ2) is 7.13. The lowest BCUT2D eigenvalue weighted by Gasteiger charge is -2.05. The molecule has 4 aromatic rings. The Hall–Kier alpha value is -3.12. The zero-order chi connectivity index (χ0) is 19.8. The summed E-state index contributed by atoms with van der Waals surface area (Å²) < 4.78 is 7.36. The minimum absolute atomic E-state index is 0.470. The molecular weight excluding hydrogens is 374 g/mol. The lowest BCUT2D eigenvalue weighted by molar-refractivity contribution is 0.432. The molecule has 0 saturated heterocycles. The fraction of sp³-hybridized carbons (Fsp3) is 0.190. The SMILES string of the molecule is Cc1nn(Cc2ccc(-c3nc(-c4cccc(N)c4C)no3)cc2)c(C)c1Cl. The summed E-state index contributed by atoms with van der Waals surface area (Å²) in [6.45, 7) is 6.47. The van der Waals surface area contributed by atoms with Gasteiger partial charge in [-0.2, -0.15) is 10.1 Å². The second-order valence-corrected chi connectivity index (χ2v) is 7.16. The third-order valence-electron chi connectivity index (χ3n) is 4.87. The molecular formula is C21H20ClN5O. The van der Waals surface area contributed by atoms with Crippen molar-refractivity contribution < 1.29 is 4.52 Å². The predicted molar refractivity (Wildman–Crippen MR) is 110 cm³/mol. The molecule has 2 aromatic carbocycles. The highest BCUT2D eigenvalue weighted by Crippen LogP contribution is 2.27. The maximum Gasteiger partial charge on any atom is 0.258 e. The van der Waals surface area contributed by atoms with E-state index >= 15 is 0 Å². The summed E-state index contributed by atoms with van der Waals surface area (Å²) in [6.07, 6.45) is 0. The lowest BCUT2D eigenvalue weighted by Crippen LogP contribution is -2.03.